The van der Waals surface area contributed by atoms with Gasteiger partial charge >= 0.3 is 125 Å². The van der Waals surface area contributed by atoms with Crippen LogP contribution in [0.4, 0.5) is 0 Å². The minimum absolute atomic E-state index is 1.17. The molecule has 0 aliphatic carbocycles. The molecule has 0 bridgehead atoms. The van der Waals surface area contributed by atoms with Gasteiger partial charge in [-0.05, 0) is 0 Å². The fourth-order valence-corrected chi connectivity index (χ4v) is 3.56. The topological polar surface area (TPSA) is 0 Å². The zero-order valence-electron chi connectivity index (χ0n) is 10.4. The van der Waals surface area contributed by atoms with E-state index in [2.05, 4.69) is 66.7 Å². The Morgan fingerprint density at radius 3 is 2.26 bits per heavy atom. The van der Waals surface area contributed by atoms with E-state index in [0.29, 0.717) is 0 Å². The molecule has 88 valence electrons. The van der Waals surface area contributed by atoms with Crippen molar-refractivity contribution in [2.24, 2.45) is 0 Å². The SMILES string of the molecule is [SnH][c]1ccc2cc3ccc4ccccc4c3cc2c1. The molecule has 0 spiro atoms. The normalized spacial score (nSPS) is 11.4. The van der Waals surface area contributed by atoms with Crippen LogP contribution in [0.15, 0.2) is 66.7 Å². The molecular weight excluding hydrogens is 335 g/mol. The Balaban J connectivity index is 2.23. The zero-order valence-corrected chi connectivity index (χ0v) is 13.7. The maximum atomic E-state index is 2.34. The van der Waals surface area contributed by atoms with Gasteiger partial charge in [-0.25, -0.2) is 0 Å². The minimum atomic E-state index is 1.17. The standard InChI is InChI=1S/C18H11.Sn.H/c1-2-7-15-12-18-16(11-14(15)6-1)10-9-13-5-3-4-8-17(13)18;;/h1,3-12H;;. The van der Waals surface area contributed by atoms with Gasteiger partial charge in [0.25, 0.3) is 0 Å². The molecule has 4 aromatic rings. The molecule has 4 rings (SSSR count). The molecule has 0 N–H and O–H groups in total. The molecule has 0 aliphatic heterocycles. The predicted octanol–water partition coefficient (Wildman–Crippen LogP) is 3.67. The van der Waals surface area contributed by atoms with Crippen LogP contribution in [0.5, 0.6) is 0 Å². The summed E-state index contributed by atoms with van der Waals surface area (Å²) in [5.74, 6) is 0. The van der Waals surface area contributed by atoms with Crippen LogP contribution in [0.1, 0.15) is 0 Å². The second-order valence-electron chi connectivity index (χ2n) is 4.97. The number of hydrogen-bond donors (Lipinski definition) is 0. The molecule has 0 nitrogen and oxygen atoms in total. The summed E-state index contributed by atoms with van der Waals surface area (Å²) < 4.78 is 1.44. The van der Waals surface area contributed by atoms with E-state index < -0.39 is 0 Å². The Morgan fingerprint density at radius 1 is 0.526 bits per heavy atom. The van der Waals surface area contributed by atoms with Crippen molar-refractivity contribution in [1.82, 2.24) is 0 Å². The van der Waals surface area contributed by atoms with Crippen molar-refractivity contribution in [1.29, 1.82) is 0 Å². The molecule has 0 aromatic heterocycles. The first-order valence-corrected chi connectivity index (χ1v) is 8.07. The molecule has 0 fully saturated rings. The first-order chi connectivity index (χ1) is 9.31. The average molecular weight is 347 g/mol. The van der Waals surface area contributed by atoms with E-state index in [9.17, 15) is 0 Å². The fraction of sp³-hybridized carbons (Fsp3) is 0. The van der Waals surface area contributed by atoms with E-state index in [1.54, 1.807) is 0 Å². The summed E-state index contributed by atoms with van der Waals surface area (Å²) in [7, 11) is 0. The van der Waals surface area contributed by atoms with E-state index >= 15 is 0 Å². The summed E-state index contributed by atoms with van der Waals surface area (Å²) in [6, 6.07) is 24.5. The summed E-state index contributed by atoms with van der Waals surface area (Å²) >= 11 is 1.17. The van der Waals surface area contributed by atoms with Gasteiger partial charge in [-0.15, -0.1) is 0 Å². The Bertz CT molecular complexity index is 922. The van der Waals surface area contributed by atoms with Crippen LogP contribution in [0.3, 0.4) is 0 Å². The van der Waals surface area contributed by atoms with E-state index in [1.165, 1.54) is 58.4 Å². The fourth-order valence-electron chi connectivity index (χ4n) is 2.77. The monoisotopic (exact) mass is 348 g/mol. The van der Waals surface area contributed by atoms with Crippen LogP contribution >= 0.6 is 0 Å². The van der Waals surface area contributed by atoms with Crippen molar-refractivity contribution < 1.29 is 0 Å². The van der Waals surface area contributed by atoms with Crippen molar-refractivity contribution in [2.45, 2.75) is 0 Å². The Morgan fingerprint density at radius 2 is 1.32 bits per heavy atom. The molecule has 2 radical (unpaired) electrons. The first-order valence-electron chi connectivity index (χ1n) is 6.42. The second-order valence-corrected chi connectivity index (χ2v) is 6.87. The molecule has 0 unspecified atom stereocenters. The molecule has 0 amide bonds. The van der Waals surface area contributed by atoms with Crippen molar-refractivity contribution in [2.75, 3.05) is 0 Å². The molecule has 0 heterocycles. The molecule has 19 heavy (non-hydrogen) atoms. The van der Waals surface area contributed by atoms with Gasteiger partial charge in [-0.1, -0.05) is 0 Å². The van der Waals surface area contributed by atoms with Gasteiger partial charge in [-0.2, -0.15) is 0 Å². The maximum absolute atomic E-state index is 2.34. The predicted molar refractivity (Wildman–Crippen MR) is 85.7 cm³/mol. The Kier molecular flexibility index (Phi) is 2.52. The van der Waals surface area contributed by atoms with Crippen LogP contribution in [0.2, 0.25) is 0 Å². The van der Waals surface area contributed by atoms with Crippen molar-refractivity contribution in [3.63, 3.8) is 0 Å². The van der Waals surface area contributed by atoms with Crippen molar-refractivity contribution >= 4 is 58.4 Å². The summed E-state index contributed by atoms with van der Waals surface area (Å²) in [5.41, 5.74) is 0. The van der Waals surface area contributed by atoms with Crippen LogP contribution < -0.4 is 3.58 Å². The molecule has 0 aliphatic rings. The zero-order chi connectivity index (χ0) is 12.8. The van der Waals surface area contributed by atoms with Gasteiger partial charge in [0.2, 0.25) is 0 Å². The van der Waals surface area contributed by atoms with Gasteiger partial charge in [0.15, 0.2) is 0 Å². The van der Waals surface area contributed by atoms with Crippen LogP contribution in [-0.4, -0.2) is 22.5 Å². The van der Waals surface area contributed by atoms with Gasteiger partial charge in [0, 0.05) is 0 Å². The van der Waals surface area contributed by atoms with Crippen molar-refractivity contribution in [3.8, 4) is 0 Å². The summed E-state index contributed by atoms with van der Waals surface area (Å²) in [6.45, 7) is 0. The van der Waals surface area contributed by atoms with Crippen LogP contribution in [-0.2, 0) is 0 Å². The number of fused-ring (bicyclic) bond motifs is 4. The summed E-state index contributed by atoms with van der Waals surface area (Å²) in [6.07, 6.45) is 0. The van der Waals surface area contributed by atoms with Crippen LogP contribution in [0.25, 0.3) is 32.3 Å². The Labute approximate surface area is 125 Å². The number of hydrogen-bond acceptors (Lipinski definition) is 0. The molecular formula is C18H12Sn. The van der Waals surface area contributed by atoms with Gasteiger partial charge in [0.1, 0.15) is 0 Å². The van der Waals surface area contributed by atoms with Crippen molar-refractivity contribution in [3.05, 3.63) is 66.7 Å². The third-order valence-electron chi connectivity index (χ3n) is 3.73. The average Bonchev–Trinajstić information content (AvgIpc) is 2.45. The van der Waals surface area contributed by atoms with E-state index in [-0.39, 0.29) is 0 Å². The van der Waals surface area contributed by atoms with E-state index in [4.69, 9.17) is 0 Å². The van der Waals surface area contributed by atoms with Gasteiger partial charge in [0.05, 0.1) is 0 Å². The molecule has 4 aromatic carbocycles. The van der Waals surface area contributed by atoms with Crippen LogP contribution in [0, 0.1) is 0 Å². The second kappa shape index (κ2) is 4.24. The molecule has 0 saturated carbocycles. The quantitative estimate of drug-likeness (QED) is 0.259. The Hall–Kier alpha value is -1.54. The number of benzene rings is 4. The summed E-state index contributed by atoms with van der Waals surface area (Å²) in [5, 5.41) is 8.04. The van der Waals surface area contributed by atoms with E-state index in [0.717, 1.165) is 0 Å². The van der Waals surface area contributed by atoms with Gasteiger partial charge in [-0.3, -0.25) is 0 Å². The third kappa shape index (κ3) is 1.82. The molecule has 1 heteroatoms. The molecule has 0 atom stereocenters. The number of rotatable bonds is 0. The molecule has 0 saturated heterocycles. The third-order valence-corrected chi connectivity index (χ3v) is 4.75. The van der Waals surface area contributed by atoms with E-state index in [1.807, 2.05) is 0 Å². The van der Waals surface area contributed by atoms with Gasteiger partial charge < -0.3 is 0 Å². The first kappa shape index (κ1) is 11.3. The summed E-state index contributed by atoms with van der Waals surface area (Å²) in [4.78, 5) is 0.